The number of hydrogen-bond acceptors (Lipinski definition) is 5. The van der Waals surface area contributed by atoms with Crippen molar-refractivity contribution in [3.05, 3.63) is 69.4 Å². The van der Waals surface area contributed by atoms with Crippen LogP contribution in [0.25, 0.3) is 0 Å². The van der Waals surface area contributed by atoms with Crippen LogP contribution in [0.3, 0.4) is 0 Å². The van der Waals surface area contributed by atoms with Crippen molar-refractivity contribution in [3.8, 4) is 5.75 Å². The highest BCUT2D eigenvalue weighted by atomic mass is 32.1. The maximum absolute atomic E-state index is 13.5. The average Bonchev–Trinajstić information content (AvgIpc) is 3.30. The first kappa shape index (κ1) is 21.4. The summed E-state index contributed by atoms with van der Waals surface area (Å²) < 4.78 is 5.74. The molecule has 2 aliphatic rings. The van der Waals surface area contributed by atoms with E-state index in [0.717, 1.165) is 38.7 Å². The monoisotopic (exact) mass is 459 g/mol. The molecule has 0 spiro atoms. The molecule has 2 aliphatic heterocycles. The van der Waals surface area contributed by atoms with Crippen LogP contribution in [-0.2, 0) is 9.59 Å². The van der Waals surface area contributed by atoms with Gasteiger partial charge in [-0.15, -0.1) is 11.3 Å². The zero-order valence-corrected chi connectivity index (χ0v) is 19.7. The van der Waals surface area contributed by atoms with E-state index < -0.39 is 0 Å². The molecule has 7 heteroatoms. The number of amides is 2. The van der Waals surface area contributed by atoms with E-state index in [2.05, 4.69) is 0 Å². The third-order valence-electron chi connectivity index (χ3n) is 6.13. The molecule has 33 heavy (non-hydrogen) atoms. The quantitative estimate of drug-likeness (QED) is 0.556. The van der Waals surface area contributed by atoms with Gasteiger partial charge in [-0.05, 0) is 73.2 Å². The number of aliphatic imine (C=N–C) groups is 1. The minimum absolute atomic E-state index is 0.0467. The molecule has 0 unspecified atom stereocenters. The summed E-state index contributed by atoms with van der Waals surface area (Å²) in [6.45, 7) is 6.86. The van der Waals surface area contributed by atoms with Crippen molar-refractivity contribution in [3.63, 3.8) is 0 Å². The Morgan fingerprint density at radius 3 is 2.70 bits per heavy atom. The molecular formula is C26H25N3O3S. The van der Waals surface area contributed by atoms with E-state index in [4.69, 9.17) is 9.73 Å². The number of benzene rings is 2. The lowest BCUT2D eigenvalue weighted by molar-refractivity contribution is -0.122. The zero-order chi connectivity index (χ0) is 23.1. The number of nitrogens with zero attached hydrogens (tertiary/aromatic N) is 3. The lowest BCUT2D eigenvalue weighted by atomic mass is 10.1. The second-order valence-corrected chi connectivity index (χ2v) is 9.43. The lowest BCUT2D eigenvalue weighted by Crippen LogP contribution is -2.46. The van der Waals surface area contributed by atoms with E-state index in [1.807, 2.05) is 68.6 Å². The number of ether oxygens (including phenoxy) is 1. The van der Waals surface area contributed by atoms with Crippen LogP contribution in [0.5, 0.6) is 5.75 Å². The van der Waals surface area contributed by atoms with Gasteiger partial charge in [0.1, 0.15) is 18.9 Å². The van der Waals surface area contributed by atoms with Crippen LogP contribution in [0.1, 0.15) is 28.0 Å². The van der Waals surface area contributed by atoms with Gasteiger partial charge in [-0.1, -0.05) is 12.1 Å². The van der Waals surface area contributed by atoms with Crippen LogP contribution in [0.15, 0.2) is 52.8 Å². The Hall–Kier alpha value is -3.45. The summed E-state index contributed by atoms with van der Waals surface area (Å²) in [5.74, 6) is 0.426. The summed E-state index contributed by atoms with van der Waals surface area (Å²) in [6.07, 6.45) is 0.152. The van der Waals surface area contributed by atoms with Crippen LogP contribution < -0.4 is 14.5 Å². The van der Waals surface area contributed by atoms with Gasteiger partial charge in [0.15, 0.2) is 0 Å². The first-order chi connectivity index (χ1) is 15.9. The number of rotatable bonds is 3. The molecule has 6 nitrogen and oxygen atoms in total. The summed E-state index contributed by atoms with van der Waals surface area (Å²) in [4.78, 5) is 36.1. The molecule has 2 amide bonds. The molecule has 0 fully saturated rings. The number of carbonyl (C=O) groups is 2. The zero-order valence-electron chi connectivity index (χ0n) is 18.9. The van der Waals surface area contributed by atoms with Crippen LogP contribution in [0.2, 0.25) is 0 Å². The molecule has 3 aromatic rings. The minimum Gasteiger partial charge on any atom is -0.490 e. The third kappa shape index (κ3) is 4.04. The first-order valence-electron chi connectivity index (χ1n) is 11.0. The van der Waals surface area contributed by atoms with Crippen molar-refractivity contribution >= 4 is 45.9 Å². The summed E-state index contributed by atoms with van der Waals surface area (Å²) in [5.41, 5.74) is 6.10. The molecule has 0 radical (unpaired) electrons. The molecule has 0 saturated heterocycles. The highest BCUT2D eigenvalue weighted by Crippen LogP contribution is 2.37. The second kappa shape index (κ2) is 8.48. The van der Waals surface area contributed by atoms with Gasteiger partial charge in [0, 0.05) is 4.88 Å². The Labute approximate surface area is 197 Å². The predicted molar refractivity (Wildman–Crippen MR) is 132 cm³/mol. The summed E-state index contributed by atoms with van der Waals surface area (Å²) >= 11 is 1.56. The Balaban J connectivity index is 1.51. The maximum atomic E-state index is 13.5. The Kier molecular flexibility index (Phi) is 5.50. The van der Waals surface area contributed by atoms with Crippen molar-refractivity contribution < 1.29 is 14.3 Å². The van der Waals surface area contributed by atoms with Gasteiger partial charge in [0.2, 0.25) is 11.8 Å². The average molecular weight is 460 g/mol. The number of carbonyl (C=O) groups excluding carboxylic acids is 2. The van der Waals surface area contributed by atoms with Gasteiger partial charge in [0.05, 0.1) is 35.7 Å². The van der Waals surface area contributed by atoms with Crippen LogP contribution in [0, 0.1) is 20.8 Å². The maximum Gasteiger partial charge on any atom is 0.247 e. The van der Waals surface area contributed by atoms with Gasteiger partial charge in [-0.25, -0.2) is 4.99 Å². The molecule has 2 aromatic carbocycles. The minimum atomic E-state index is -0.137. The smallest absolute Gasteiger partial charge is 0.247 e. The van der Waals surface area contributed by atoms with Gasteiger partial charge in [0.25, 0.3) is 0 Å². The number of thiophene rings is 1. The highest BCUT2D eigenvalue weighted by Gasteiger charge is 2.31. The van der Waals surface area contributed by atoms with E-state index in [9.17, 15) is 9.59 Å². The van der Waals surface area contributed by atoms with Crippen molar-refractivity contribution in [2.24, 2.45) is 4.99 Å². The molecule has 5 rings (SSSR count). The molecule has 0 aliphatic carbocycles. The van der Waals surface area contributed by atoms with E-state index in [1.54, 1.807) is 21.1 Å². The highest BCUT2D eigenvalue weighted by molar-refractivity contribution is 7.12. The molecule has 1 aromatic heterocycles. The molecule has 0 bridgehead atoms. The van der Waals surface area contributed by atoms with Crippen molar-refractivity contribution in [2.45, 2.75) is 27.2 Å². The molecule has 3 heterocycles. The normalized spacial score (nSPS) is 15.4. The standard InChI is InChI=1S/C26H25N3O3S/c1-16-6-7-23-22(11-16)28(8-9-32-23)26(31)15-29-21-13-18(3)17(2)12-19(21)27-20(14-25(29)30)24-5-4-10-33-24/h4-7,10-13H,8-9,14-15H2,1-3H3. The van der Waals surface area contributed by atoms with E-state index in [0.29, 0.717) is 24.6 Å². The first-order valence-corrected chi connectivity index (χ1v) is 11.9. The predicted octanol–water partition coefficient (Wildman–Crippen LogP) is 4.96. The summed E-state index contributed by atoms with van der Waals surface area (Å²) in [5, 5.41) is 1.98. The molecule has 0 N–H and O–H groups in total. The molecular weight excluding hydrogens is 434 g/mol. The van der Waals surface area contributed by atoms with Gasteiger partial charge < -0.3 is 14.5 Å². The lowest BCUT2D eigenvalue weighted by Gasteiger charge is -2.32. The fraction of sp³-hybridized carbons (Fsp3) is 0.269. The van der Waals surface area contributed by atoms with Crippen molar-refractivity contribution in [2.75, 3.05) is 29.5 Å². The van der Waals surface area contributed by atoms with E-state index in [1.165, 1.54) is 0 Å². The molecule has 168 valence electrons. The third-order valence-corrected chi connectivity index (χ3v) is 7.05. The fourth-order valence-corrected chi connectivity index (χ4v) is 4.93. The van der Waals surface area contributed by atoms with Crippen LogP contribution in [-0.4, -0.2) is 37.2 Å². The summed E-state index contributed by atoms with van der Waals surface area (Å²) in [7, 11) is 0. The van der Waals surface area contributed by atoms with Gasteiger partial charge in [-0.2, -0.15) is 0 Å². The second-order valence-electron chi connectivity index (χ2n) is 8.48. The van der Waals surface area contributed by atoms with E-state index in [-0.39, 0.29) is 24.8 Å². The van der Waals surface area contributed by atoms with Crippen molar-refractivity contribution in [1.82, 2.24) is 0 Å². The summed E-state index contributed by atoms with van der Waals surface area (Å²) in [6, 6.07) is 13.7. The van der Waals surface area contributed by atoms with Crippen LogP contribution in [0.4, 0.5) is 17.1 Å². The SMILES string of the molecule is Cc1ccc2c(c1)N(C(=O)CN1C(=O)CC(c3cccs3)=Nc3cc(C)c(C)cc31)CCO2. The number of anilines is 2. The Morgan fingerprint density at radius 1 is 1.09 bits per heavy atom. The van der Waals surface area contributed by atoms with Crippen LogP contribution >= 0.6 is 11.3 Å². The van der Waals surface area contributed by atoms with Gasteiger partial charge >= 0.3 is 0 Å². The van der Waals surface area contributed by atoms with Crippen molar-refractivity contribution in [1.29, 1.82) is 0 Å². The van der Waals surface area contributed by atoms with E-state index >= 15 is 0 Å². The number of fused-ring (bicyclic) bond motifs is 2. The Morgan fingerprint density at radius 2 is 1.91 bits per heavy atom. The largest absolute Gasteiger partial charge is 0.490 e. The number of hydrogen-bond donors (Lipinski definition) is 0. The molecule has 0 saturated carbocycles. The van der Waals surface area contributed by atoms with Gasteiger partial charge in [-0.3, -0.25) is 9.59 Å². The topological polar surface area (TPSA) is 62.2 Å². The fourth-order valence-electron chi connectivity index (χ4n) is 4.22. The number of aryl methyl sites for hydroxylation is 3. The molecule has 0 atom stereocenters. The Bertz CT molecular complexity index is 1280.